The van der Waals surface area contributed by atoms with Crippen molar-refractivity contribution in [3.8, 4) is 0 Å². The fourth-order valence-corrected chi connectivity index (χ4v) is 4.91. The SMILES string of the molecule is S=[P+]([S-])C1=NNN=C(P(S)S)C1Cl. The van der Waals surface area contributed by atoms with Crippen molar-refractivity contribution < 1.29 is 0 Å². The Bertz CT molecular complexity index is 292. The number of hydrogen-bond acceptors (Lipinski definition) is 7. The molecule has 1 aliphatic heterocycles. The average molecular weight is 308 g/mol. The largest absolute Gasteiger partial charge is 0.471 e. The lowest BCUT2D eigenvalue weighted by atomic mass is 10.5. The van der Waals surface area contributed by atoms with Crippen LogP contribution in [-0.4, -0.2) is 16.3 Å². The summed E-state index contributed by atoms with van der Waals surface area (Å²) in [5.41, 5.74) is 3.70. The van der Waals surface area contributed by atoms with Gasteiger partial charge in [-0.2, -0.15) is 10.6 Å². The number of hydrogen-bond donors (Lipinski definition) is 3. The number of nitrogens with zero attached hydrogens (tertiary/aromatic N) is 2. The molecule has 2 atom stereocenters. The minimum atomic E-state index is -1.13. The Labute approximate surface area is 104 Å². The van der Waals surface area contributed by atoms with Gasteiger partial charge in [0.1, 0.15) is 17.3 Å². The van der Waals surface area contributed by atoms with E-state index in [2.05, 4.69) is 40.2 Å². The lowest BCUT2D eigenvalue weighted by Gasteiger charge is -2.16. The maximum atomic E-state index is 6.04. The topological polar surface area (TPSA) is 36.8 Å². The second-order valence-corrected chi connectivity index (χ2v) is 10.6. The molecular weight excluding hydrogens is 304 g/mol. The molecule has 1 N–H and O–H groups in total. The van der Waals surface area contributed by atoms with Crippen LogP contribution in [0.1, 0.15) is 0 Å². The average Bonchev–Trinajstić information content (AvgIpc) is 2.03. The Morgan fingerprint density at radius 3 is 2.69 bits per heavy atom. The van der Waals surface area contributed by atoms with Crippen LogP contribution in [0.4, 0.5) is 0 Å². The third-order valence-electron chi connectivity index (χ3n) is 1.17. The number of nitrogens with one attached hydrogen (secondary N) is 1. The van der Waals surface area contributed by atoms with Gasteiger partial charge in [0.25, 0.3) is 0 Å². The normalized spacial score (nSPS) is 23.5. The molecule has 0 amide bonds. The van der Waals surface area contributed by atoms with Crippen LogP contribution in [0, 0.1) is 0 Å². The molecule has 0 aliphatic carbocycles. The first-order chi connectivity index (χ1) is 6.04. The quantitative estimate of drug-likeness (QED) is 0.317. The van der Waals surface area contributed by atoms with E-state index < -0.39 is 17.6 Å². The zero-order valence-electron chi connectivity index (χ0n) is 5.96. The van der Waals surface area contributed by atoms with Crippen LogP contribution in [0.25, 0.3) is 0 Å². The zero-order chi connectivity index (χ0) is 10.0. The van der Waals surface area contributed by atoms with Crippen LogP contribution in [0.15, 0.2) is 10.2 Å². The summed E-state index contributed by atoms with van der Waals surface area (Å²) >= 11 is 24.3. The van der Waals surface area contributed by atoms with E-state index in [-0.39, 0.29) is 0 Å². The molecule has 0 aromatic heterocycles. The van der Waals surface area contributed by atoms with Gasteiger partial charge in [-0.25, -0.2) is 0 Å². The van der Waals surface area contributed by atoms with Crippen molar-refractivity contribution in [1.29, 1.82) is 0 Å². The van der Waals surface area contributed by atoms with Gasteiger partial charge in [-0.15, -0.1) is 41.2 Å². The number of rotatable bonds is 2. The Morgan fingerprint density at radius 2 is 2.23 bits per heavy atom. The zero-order valence-corrected chi connectivity index (χ0v) is 11.9. The van der Waals surface area contributed by atoms with E-state index in [9.17, 15) is 0 Å². The molecule has 1 rings (SSSR count). The highest BCUT2D eigenvalue weighted by atomic mass is 35.5. The first-order valence-electron chi connectivity index (χ1n) is 2.90. The number of hydrazone groups is 2. The molecule has 1 aliphatic rings. The van der Waals surface area contributed by atoms with Crippen LogP contribution < -0.4 is 5.53 Å². The first kappa shape index (κ1) is 12.5. The third-order valence-corrected chi connectivity index (χ3v) is 5.74. The van der Waals surface area contributed by atoms with Gasteiger partial charge in [0, 0.05) is 0 Å². The molecule has 0 radical (unpaired) electrons. The van der Waals surface area contributed by atoms with Gasteiger partial charge in [0.05, 0.1) is 12.2 Å². The summed E-state index contributed by atoms with van der Waals surface area (Å²) in [5, 5.41) is 7.30. The number of alkyl halides is 1. The molecule has 0 spiro atoms. The molecule has 0 fully saturated rings. The summed E-state index contributed by atoms with van der Waals surface area (Å²) in [6.45, 7) is 0. The summed E-state index contributed by atoms with van der Waals surface area (Å²) in [7, 11) is 0. The summed E-state index contributed by atoms with van der Waals surface area (Å²) in [5.74, 6) is -1.13. The molecule has 0 aromatic carbocycles. The molecule has 10 heteroatoms. The Kier molecular flexibility index (Phi) is 5.28. The highest BCUT2D eigenvalue weighted by Crippen LogP contribution is 2.50. The molecule has 0 bridgehead atoms. The van der Waals surface area contributed by atoms with E-state index in [1.54, 1.807) is 0 Å². The van der Waals surface area contributed by atoms with Crippen molar-refractivity contribution in [3.63, 3.8) is 0 Å². The third kappa shape index (κ3) is 3.20. The van der Waals surface area contributed by atoms with Crippen molar-refractivity contribution in [3.05, 3.63) is 0 Å². The fraction of sp³-hybridized carbons (Fsp3) is 0.333. The predicted molar refractivity (Wildman–Crippen MR) is 74.2 cm³/mol. The van der Waals surface area contributed by atoms with Crippen LogP contribution in [0.3, 0.4) is 0 Å². The van der Waals surface area contributed by atoms with Crippen molar-refractivity contribution in [2.45, 2.75) is 5.38 Å². The van der Waals surface area contributed by atoms with Gasteiger partial charge in [-0.05, 0) is 0 Å². The van der Waals surface area contributed by atoms with Crippen LogP contribution >= 0.6 is 48.3 Å². The fourth-order valence-electron chi connectivity index (χ4n) is 0.636. The van der Waals surface area contributed by atoms with Crippen LogP contribution in [0.2, 0.25) is 0 Å². The van der Waals surface area contributed by atoms with Gasteiger partial charge < -0.3 is 12.2 Å². The van der Waals surface area contributed by atoms with Crippen molar-refractivity contribution >= 4 is 83.3 Å². The lowest BCUT2D eigenvalue weighted by Crippen LogP contribution is -2.27. The molecule has 2 unspecified atom stereocenters. The Morgan fingerprint density at radius 1 is 1.62 bits per heavy atom. The molecular formula is C3H4ClN3P2S4. The van der Waals surface area contributed by atoms with Gasteiger partial charge in [-0.3, -0.25) is 0 Å². The van der Waals surface area contributed by atoms with Gasteiger partial charge in [0.2, 0.25) is 5.45 Å². The second kappa shape index (κ2) is 5.50. The molecule has 3 nitrogen and oxygen atoms in total. The van der Waals surface area contributed by atoms with E-state index in [1.807, 2.05) is 0 Å². The van der Waals surface area contributed by atoms with Gasteiger partial charge >= 0.3 is 0 Å². The summed E-state index contributed by atoms with van der Waals surface area (Å²) in [6.07, 6.45) is -0.928. The van der Waals surface area contributed by atoms with Crippen LogP contribution in [-0.2, 0) is 24.1 Å². The molecule has 0 saturated carbocycles. The minimum Gasteiger partial charge on any atom is -0.471 e. The number of halogens is 1. The molecule has 0 aromatic rings. The minimum absolute atomic E-state index is 0.441. The van der Waals surface area contributed by atoms with E-state index >= 15 is 0 Å². The predicted octanol–water partition coefficient (Wildman–Crippen LogP) is 2.40. The van der Waals surface area contributed by atoms with E-state index in [4.69, 9.17) is 35.7 Å². The molecule has 13 heavy (non-hydrogen) atoms. The summed E-state index contributed by atoms with van der Waals surface area (Å²) in [6, 6.07) is 0. The molecule has 0 saturated heterocycles. The van der Waals surface area contributed by atoms with Crippen molar-refractivity contribution in [1.82, 2.24) is 5.53 Å². The molecule has 1 heterocycles. The van der Waals surface area contributed by atoms with Crippen molar-refractivity contribution in [2.24, 2.45) is 10.2 Å². The summed E-state index contributed by atoms with van der Waals surface area (Å²) in [4.78, 5) is 0. The van der Waals surface area contributed by atoms with Gasteiger partial charge in [-0.1, -0.05) is 0 Å². The first-order valence-corrected chi connectivity index (χ1v) is 10.4. The summed E-state index contributed by atoms with van der Waals surface area (Å²) < 4.78 is 0. The van der Waals surface area contributed by atoms with E-state index in [0.29, 0.717) is 10.9 Å². The Hall–Kier alpha value is 1.43. The maximum Gasteiger partial charge on any atom is 0.248 e. The Balaban J connectivity index is 2.86. The highest BCUT2D eigenvalue weighted by Gasteiger charge is 2.31. The maximum absolute atomic E-state index is 6.04. The van der Waals surface area contributed by atoms with E-state index in [1.165, 1.54) is 0 Å². The van der Waals surface area contributed by atoms with E-state index in [0.717, 1.165) is 0 Å². The van der Waals surface area contributed by atoms with Crippen LogP contribution in [0.5, 0.6) is 0 Å². The van der Waals surface area contributed by atoms with Crippen molar-refractivity contribution in [2.75, 3.05) is 0 Å². The molecule has 72 valence electrons. The van der Waals surface area contributed by atoms with Gasteiger partial charge in [0.15, 0.2) is 5.38 Å². The second-order valence-electron chi connectivity index (χ2n) is 1.95. The monoisotopic (exact) mass is 307 g/mol. The number of thiol groups is 2. The highest BCUT2D eigenvalue weighted by molar-refractivity contribution is 8.83. The standard InChI is InChI=1S/C3H4ClN3P2S4/c4-1-2(8(10)11)5-7-6-3(1)9(12)13/h1,7,10-11H. The smallest absolute Gasteiger partial charge is 0.248 e. The lowest BCUT2D eigenvalue weighted by molar-refractivity contribution is 0.800.